The van der Waals surface area contributed by atoms with Crippen LogP contribution in [-0.4, -0.2) is 54.6 Å². The van der Waals surface area contributed by atoms with Gasteiger partial charge in [-0.1, -0.05) is 31.5 Å². The second-order valence-corrected chi connectivity index (χ2v) is 15.3. The van der Waals surface area contributed by atoms with Gasteiger partial charge in [0.1, 0.15) is 17.4 Å². The van der Waals surface area contributed by atoms with E-state index in [4.69, 9.17) is 30.5 Å². The highest BCUT2D eigenvalue weighted by Gasteiger charge is 2.55. The first-order chi connectivity index (χ1) is 23.7. The van der Waals surface area contributed by atoms with Gasteiger partial charge in [-0.2, -0.15) is 0 Å². The molecule has 0 saturated heterocycles. The van der Waals surface area contributed by atoms with E-state index in [2.05, 4.69) is 36.3 Å². The van der Waals surface area contributed by atoms with Crippen molar-refractivity contribution < 1.29 is 28.8 Å². The van der Waals surface area contributed by atoms with Crippen LogP contribution in [0, 0.1) is 11.8 Å². The molecule has 3 aromatic rings. The van der Waals surface area contributed by atoms with Crippen LogP contribution in [0.5, 0.6) is 17.2 Å². The minimum atomic E-state index is -0.858. The lowest BCUT2D eigenvalue weighted by molar-refractivity contribution is -0.148. The highest BCUT2D eigenvalue weighted by atomic mass is 35.5. The molecule has 0 radical (unpaired) electrons. The van der Waals surface area contributed by atoms with E-state index in [1.165, 1.54) is 42.3 Å². The van der Waals surface area contributed by atoms with Crippen LogP contribution < -0.4 is 19.5 Å². The zero-order chi connectivity index (χ0) is 34.2. The van der Waals surface area contributed by atoms with Gasteiger partial charge in [-0.3, -0.25) is 4.98 Å². The predicted octanol–water partition coefficient (Wildman–Crippen LogP) is 7.81. The average molecular weight is 689 g/mol. The summed E-state index contributed by atoms with van der Waals surface area (Å²) in [6.07, 6.45) is 10.4. The Morgan fingerprint density at radius 1 is 1.14 bits per heavy atom. The summed E-state index contributed by atoms with van der Waals surface area (Å²) in [6.45, 7) is 5.66. The first-order valence-electron chi connectivity index (χ1n) is 18.0. The molecule has 8 nitrogen and oxygen atoms in total. The van der Waals surface area contributed by atoms with Gasteiger partial charge in [0.05, 0.1) is 26.9 Å². The van der Waals surface area contributed by atoms with E-state index < -0.39 is 5.54 Å². The summed E-state index contributed by atoms with van der Waals surface area (Å²) >= 11 is 6.33. The number of carbonyl (C=O) groups excluding carboxylic acids is 1. The summed E-state index contributed by atoms with van der Waals surface area (Å²) < 4.78 is 24.5. The summed E-state index contributed by atoms with van der Waals surface area (Å²) in [7, 11) is 1.47. The molecule has 1 fully saturated rings. The van der Waals surface area contributed by atoms with Crippen molar-refractivity contribution in [3.63, 3.8) is 0 Å². The Balaban J connectivity index is 1.17. The van der Waals surface area contributed by atoms with Crippen LogP contribution in [0.25, 0.3) is 0 Å². The van der Waals surface area contributed by atoms with Crippen molar-refractivity contribution >= 4 is 23.3 Å². The first kappa shape index (κ1) is 34.0. The normalized spacial score (nSPS) is 27.8. The summed E-state index contributed by atoms with van der Waals surface area (Å²) in [5.41, 5.74) is 4.84. The lowest BCUT2D eigenvalue weighted by atomic mass is 9.59. The number of aryl methyl sites for hydroxylation is 1. The Hall–Kier alpha value is -3.49. The quantitative estimate of drug-likeness (QED) is 0.220. The molecule has 9 heteroatoms. The number of pyridine rings is 1. The van der Waals surface area contributed by atoms with Crippen LogP contribution in [0.1, 0.15) is 93.5 Å². The van der Waals surface area contributed by atoms with Gasteiger partial charge >= 0.3 is 5.97 Å². The highest BCUT2D eigenvalue weighted by molar-refractivity contribution is 6.30. The van der Waals surface area contributed by atoms with E-state index in [9.17, 15) is 9.90 Å². The van der Waals surface area contributed by atoms with E-state index in [1.54, 1.807) is 0 Å². The van der Waals surface area contributed by atoms with Crippen molar-refractivity contribution in [3.05, 3.63) is 76.1 Å². The van der Waals surface area contributed by atoms with E-state index in [-0.39, 0.29) is 24.1 Å². The zero-order valence-corrected chi connectivity index (χ0v) is 29.7. The Bertz CT molecular complexity index is 1670. The fourth-order valence-electron chi connectivity index (χ4n) is 9.17. The molecule has 1 saturated carbocycles. The molecule has 0 unspecified atom stereocenters. The number of hydrogen-bond acceptors (Lipinski definition) is 8. The number of ether oxygens (including phenoxy) is 4. The Morgan fingerprint density at radius 2 is 1.98 bits per heavy atom. The largest absolute Gasteiger partial charge is 0.493 e. The first-order valence-corrected chi connectivity index (χ1v) is 18.4. The van der Waals surface area contributed by atoms with Gasteiger partial charge in [0.15, 0.2) is 11.5 Å². The molecule has 49 heavy (non-hydrogen) atoms. The number of benzene rings is 2. The monoisotopic (exact) mass is 688 g/mol. The van der Waals surface area contributed by atoms with E-state index >= 15 is 0 Å². The molecule has 1 aliphatic heterocycles. The van der Waals surface area contributed by atoms with Crippen LogP contribution in [0.15, 0.2) is 48.7 Å². The fourth-order valence-corrected chi connectivity index (χ4v) is 9.36. The molecule has 1 aromatic heterocycles. The van der Waals surface area contributed by atoms with Crippen molar-refractivity contribution in [2.75, 3.05) is 32.2 Å². The molecule has 3 aliphatic carbocycles. The molecule has 2 heterocycles. The number of fused-ring (bicyclic) bond motifs is 4. The van der Waals surface area contributed by atoms with Crippen LogP contribution in [-0.2, 0) is 27.8 Å². The minimum Gasteiger partial charge on any atom is -0.493 e. The highest BCUT2D eigenvalue weighted by Crippen LogP contribution is 2.58. The number of aliphatic hydroxyl groups excluding tert-OH is 1. The average Bonchev–Trinajstić information content (AvgIpc) is 3.23. The molecule has 0 bridgehead atoms. The number of anilines is 1. The summed E-state index contributed by atoms with van der Waals surface area (Å²) in [5, 5.41) is 14.0. The third-order valence-corrected chi connectivity index (χ3v) is 12.0. The third kappa shape index (κ3) is 6.59. The SMILES string of the molecule is COC(=O)C1(Nc2cccc(Cl)c2)CCC2(CC1)c1cc3c(cc1C[C@@H]2C[C@@H](C)COc1ccnc2c1[C@H](C)CCC2)O[C@@H](CO)CCO3. The topological polar surface area (TPSA) is 99.1 Å². The van der Waals surface area contributed by atoms with Gasteiger partial charge in [-0.15, -0.1) is 0 Å². The number of esters is 1. The summed E-state index contributed by atoms with van der Waals surface area (Å²) in [6, 6.07) is 13.9. The number of halogens is 1. The molecule has 2 aromatic carbocycles. The third-order valence-electron chi connectivity index (χ3n) is 11.7. The maximum absolute atomic E-state index is 13.5. The zero-order valence-electron chi connectivity index (χ0n) is 28.9. The van der Waals surface area contributed by atoms with Crippen molar-refractivity contribution in [3.8, 4) is 17.2 Å². The van der Waals surface area contributed by atoms with Gasteiger partial charge in [-0.05, 0) is 128 Å². The smallest absolute Gasteiger partial charge is 0.331 e. The maximum Gasteiger partial charge on any atom is 0.331 e. The number of carbonyl (C=O) groups is 1. The Morgan fingerprint density at radius 3 is 2.76 bits per heavy atom. The number of nitrogens with one attached hydrogen (secondary N) is 1. The fraction of sp³-hybridized carbons (Fsp3) is 0.550. The van der Waals surface area contributed by atoms with Crippen LogP contribution in [0.3, 0.4) is 0 Å². The molecular weight excluding hydrogens is 640 g/mol. The molecular formula is C40H49ClN2O6. The predicted molar refractivity (Wildman–Crippen MR) is 190 cm³/mol. The number of aliphatic hydroxyl groups is 1. The molecule has 4 aliphatic rings. The van der Waals surface area contributed by atoms with Crippen LogP contribution >= 0.6 is 11.6 Å². The van der Waals surface area contributed by atoms with Gasteiger partial charge in [-0.25, -0.2) is 4.79 Å². The van der Waals surface area contributed by atoms with Gasteiger partial charge in [0.25, 0.3) is 0 Å². The van der Waals surface area contributed by atoms with Crippen molar-refractivity contribution in [1.82, 2.24) is 4.98 Å². The van der Waals surface area contributed by atoms with Crippen LogP contribution in [0.4, 0.5) is 5.69 Å². The van der Waals surface area contributed by atoms with Gasteiger partial charge < -0.3 is 29.4 Å². The lowest BCUT2D eigenvalue weighted by Gasteiger charge is -2.47. The Kier molecular flexibility index (Phi) is 9.73. The molecule has 2 N–H and O–H groups in total. The number of nitrogens with zero attached hydrogens (tertiary/aromatic N) is 1. The second kappa shape index (κ2) is 14.0. The Labute approximate surface area is 294 Å². The number of methoxy groups -OCH3 is 1. The maximum atomic E-state index is 13.5. The minimum absolute atomic E-state index is 0.0430. The number of aromatic nitrogens is 1. The van der Waals surface area contributed by atoms with Crippen molar-refractivity contribution in [2.45, 2.75) is 101 Å². The molecule has 1 spiro atoms. The van der Waals surface area contributed by atoms with E-state index in [0.29, 0.717) is 61.0 Å². The van der Waals surface area contributed by atoms with Gasteiger partial charge in [0, 0.05) is 34.6 Å². The van der Waals surface area contributed by atoms with Gasteiger partial charge in [0.2, 0.25) is 0 Å². The van der Waals surface area contributed by atoms with Crippen molar-refractivity contribution in [1.29, 1.82) is 0 Å². The molecule has 4 atom stereocenters. The lowest BCUT2D eigenvalue weighted by Crippen LogP contribution is -2.53. The second-order valence-electron chi connectivity index (χ2n) is 14.9. The van der Waals surface area contributed by atoms with Crippen molar-refractivity contribution in [2.24, 2.45) is 11.8 Å². The molecule has 262 valence electrons. The summed E-state index contributed by atoms with van der Waals surface area (Å²) in [4.78, 5) is 18.2. The summed E-state index contributed by atoms with van der Waals surface area (Å²) in [5.74, 6) is 3.29. The number of hydrogen-bond donors (Lipinski definition) is 2. The van der Waals surface area contributed by atoms with E-state index in [1.807, 2.05) is 36.5 Å². The standard InChI is InChI=1S/C40H49ClN2O6/c1-25(24-48-34-10-16-42-33-9-4-6-26(2)37(33)34)18-28-19-27-20-36-35(47-17-11-31(23-44)49-36)22-32(27)39(28)12-14-40(15-13-39,38(45)46-3)43-30-8-5-7-29(41)21-30/h5,7-8,10,16,20-22,25-26,28,31,43-44H,4,6,9,11-15,17-19,23-24H2,1-3H3/t25-,26-,28+,31-,39?,40?/m1/s1. The van der Waals surface area contributed by atoms with Crippen LogP contribution in [0.2, 0.25) is 5.02 Å². The molecule has 0 amide bonds. The number of rotatable bonds is 9. The molecule has 7 rings (SSSR count). The van der Waals surface area contributed by atoms with E-state index in [0.717, 1.165) is 49.3 Å².